The van der Waals surface area contributed by atoms with E-state index in [0.717, 1.165) is 49.7 Å². The van der Waals surface area contributed by atoms with Gasteiger partial charge in [0.2, 0.25) is 0 Å². The normalized spacial score (nSPS) is 12.4. The van der Waals surface area contributed by atoms with E-state index in [2.05, 4.69) is 24.3 Å². The molecule has 1 aliphatic rings. The summed E-state index contributed by atoms with van der Waals surface area (Å²) in [6, 6.07) is 62.4. The van der Waals surface area contributed by atoms with E-state index in [-0.39, 0.29) is 11.3 Å². The maximum absolute atomic E-state index is 15.4. The summed E-state index contributed by atoms with van der Waals surface area (Å²) in [5.41, 5.74) is 9.46. The van der Waals surface area contributed by atoms with Crippen LogP contribution in [0.2, 0.25) is 0 Å². The van der Waals surface area contributed by atoms with Crippen LogP contribution in [0.4, 0.5) is 5.69 Å². The zero-order valence-corrected chi connectivity index (χ0v) is 30.1. The lowest BCUT2D eigenvalue weighted by atomic mass is 9.90. The largest absolute Gasteiger partial charge is 0.308 e. The summed E-state index contributed by atoms with van der Waals surface area (Å²) in [5.74, 6) is -0.967. The zero-order valence-electron chi connectivity index (χ0n) is 30.1. The standard InChI is InChI=1S/C51H32N2O3/c54-49(36-23-11-4-12-24-36)41-28-15-26-39-38-25-13-14-29-44(38)52(47(39)41)45-30-16-27-40-46(45)51(56)53(50(40)55)48-42(34-19-7-2-8-20-34)31-37(33-17-5-1-6-18-33)32-43(48)35-21-9-3-10-22-35/h1-32H. The summed E-state index contributed by atoms with van der Waals surface area (Å²) in [6.07, 6.45) is 0. The topological polar surface area (TPSA) is 59.4 Å². The van der Waals surface area contributed by atoms with E-state index in [9.17, 15) is 9.59 Å². The number of benzene rings is 8. The number of carbonyl (C=O) groups excluding carboxylic acids is 3. The number of anilines is 1. The van der Waals surface area contributed by atoms with Crippen molar-refractivity contribution in [3.05, 3.63) is 216 Å². The lowest BCUT2D eigenvalue weighted by Crippen LogP contribution is -2.30. The average molecular weight is 721 g/mol. The minimum atomic E-state index is -0.430. The van der Waals surface area contributed by atoms with Crippen LogP contribution in [0.15, 0.2) is 194 Å². The molecule has 0 saturated heterocycles. The van der Waals surface area contributed by atoms with Crippen molar-refractivity contribution in [2.45, 2.75) is 0 Å². The summed E-state index contributed by atoms with van der Waals surface area (Å²) in [7, 11) is 0. The van der Waals surface area contributed by atoms with Crippen molar-refractivity contribution < 1.29 is 14.4 Å². The number of nitrogens with zero attached hydrogens (tertiary/aromatic N) is 2. The van der Waals surface area contributed by atoms with Crippen LogP contribution in [-0.2, 0) is 0 Å². The Labute approximate surface area is 323 Å². The number of hydrogen-bond acceptors (Lipinski definition) is 3. The second-order valence-electron chi connectivity index (χ2n) is 13.9. The van der Waals surface area contributed by atoms with Gasteiger partial charge in [0.25, 0.3) is 11.8 Å². The molecule has 5 nitrogen and oxygen atoms in total. The molecule has 2 heterocycles. The van der Waals surface area contributed by atoms with Gasteiger partial charge >= 0.3 is 0 Å². The van der Waals surface area contributed by atoms with Crippen LogP contribution in [-0.4, -0.2) is 22.2 Å². The highest BCUT2D eigenvalue weighted by Crippen LogP contribution is 2.47. The summed E-state index contributed by atoms with van der Waals surface area (Å²) in [5, 5.41) is 1.81. The summed E-state index contributed by atoms with van der Waals surface area (Å²) in [4.78, 5) is 46.0. The molecule has 10 rings (SSSR count). The van der Waals surface area contributed by atoms with Gasteiger partial charge in [-0.2, -0.15) is 0 Å². The molecule has 0 atom stereocenters. The zero-order chi connectivity index (χ0) is 37.8. The first-order valence-corrected chi connectivity index (χ1v) is 18.6. The second-order valence-corrected chi connectivity index (χ2v) is 13.9. The van der Waals surface area contributed by atoms with E-state index in [1.165, 1.54) is 4.90 Å². The Kier molecular flexibility index (Phi) is 7.86. The van der Waals surface area contributed by atoms with E-state index in [0.29, 0.717) is 33.6 Å². The first-order valence-electron chi connectivity index (χ1n) is 18.6. The van der Waals surface area contributed by atoms with Crippen LogP contribution in [0.3, 0.4) is 0 Å². The summed E-state index contributed by atoms with van der Waals surface area (Å²) < 4.78 is 1.99. The Morgan fingerprint density at radius 3 is 1.61 bits per heavy atom. The van der Waals surface area contributed by atoms with Crippen molar-refractivity contribution in [2.75, 3.05) is 4.90 Å². The lowest BCUT2D eigenvalue weighted by molar-refractivity contribution is 0.0925. The van der Waals surface area contributed by atoms with Crippen molar-refractivity contribution >= 4 is 45.1 Å². The number of fused-ring (bicyclic) bond motifs is 4. The van der Waals surface area contributed by atoms with E-state index in [1.54, 1.807) is 6.07 Å². The van der Waals surface area contributed by atoms with Gasteiger partial charge in [0.15, 0.2) is 5.78 Å². The molecule has 5 heteroatoms. The minimum absolute atomic E-state index is 0.129. The highest BCUT2D eigenvalue weighted by Gasteiger charge is 2.42. The van der Waals surface area contributed by atoms with E-state index in [4.69, 9.17) is 0 Å². The number of amides is 2. The molecule has 8 aromatic carbocycles. The molecule has 0 fully saturated rings. The fraction of sp³-hybridized carbons (Fsp3) is 0. The highest BCUT2D eigenvalue weighted by atomic mass is 16.2. The minimum Gasteiger partial charge on any atom is -0.308 e. The molecule has 0 radical (unpaired) electrons. The van der Waals surface area contributed by atoms with Crippen molar-refractivity contribution in [2.24, 2.45) is 0 Å². The number of carbonyl (C=O) groups is 3. The number of imide groups is 1. The van der Waals surface area contributed by atoms with Crippen molar-refractivity contribution in [1.82, 2.24) is 4.57 Å². The maximum atomic E-state index is 15.4. The average Bonchev–Trinajstić information content (AvgIpc) is 3.74. The predicted octanol–water partition coefficient (Wildman–Crippen LogP) is 11.8. The van der Waals surface area contributed by atoms with Gasteiger partial charge in [-0.25, -0.2) is 4.90 Å². The van der Waals surface area contributed by atoms with Crippen molar-refractivity contribution in [3.63, 3.8) is 0 Å². The van der Waals surface area contributed by atoms with Crippen LogP contribution in [0.5, 0.6) is 0 Å². The van der Waals surface area contributed by atoms with Crippen LogP contribution < -0.4 is 4.90 Å². The van der Waals surface area contributed by atoms with Gasteiger partial charge in [-0.15, -0.1) is 0 Å². The lowest BCUT2D eigenvalue weighted by Gasteiger charge is -2.24. The number of rotatable bonds is 7. The molecule has 0 N–H and O–H groups in total. The molecule has 0 saturated carbocycles. The molecule has 2 amide bonds. The Morgan fingerprint density at radius 1 is 0.429 bits per heavy atom. The SMILES string of the molecule is O=C(c1ccccc1)c1cccc2c3ccccc3n(-c3cccc4c3C(=O)N(c3c(-c5ccccc5)cc(-c5ccccc5)cc3-c3ccccc3)C4=O)c12. The van der Waals surface area contributed by atoms with Gasteiger partial charge in [0.05, 0.1) is 33.5 Å². The quantitative estimate of drug-likeness (QED) is 0.122. The number of para-hydroxylation sites is 2. The molecule has 264 valence electrons. The second kappa shape index (κ2) is 13.3. The van der Waals surface area contributed by atoms with Crippen molar-refractivity contribution in [3.8, 4) is 39.1 Å². The maximum Gasteiger partial charge on any atom is 0.268 e. The fourth-order valence-electron chi connectivity index (χ4n) is 8.20. The van der Waals surface area contributed by atoms with Crippen LogP contribution in [0.1, 0.15) is 36.6 Å². The Bertz CT molecular complexity index is 2950. The van der Waals surface area contributed by atoms with Gasteiger partial charge < -0.3 is 4.57 Å². The number of hydrogen-bond donors (Lipinski definition) is 0. The van der Waals surface area contributed by atoms with Gasteiger partial charge in [0, 0.05) is 33.0 Å². The molecule has 9 aromatic rings. The van der Waals surface area contributed by atoms with E-state index < -0.39 is 11.8 Å². The van der Waals surface area contributed by atoms with Crippen molar-refractivity contribution in [1.29, 1.82) is 0 Å². The third kappa shape index (κ3) is 5.21. The Balaban J connectivity index is 1.24. The molecule has 0 spiro atoms. The molecule has 1 aromatic heterocycles. The molecule has 0 unspecified atom stereocenters. The number of aromatic nitrogens is 1. The molecular weight excluding hydrogens is 689 g/mol. The van der Waals surface area contributed by atoms with Gasteiger partial charge in [-0.3, -0.25) is 14.4 Å². The summed E-state index contributed by atoms with van der Waals surface area (Å²) >= 11 is 0. The molecule has 56 heavy (non-hydrogen) atoms. The van der Waals surface area contributed by atoms with Gasteiger partial charge in [-0.05, 0) is 58.7 Å². The van der Waals surface area contributed by atoms with Crippen LogP contribution >= 0.6 is 0 Å². The Hall–Kier alpha value is -7.63. The molecule has 0 aliphatic carbocycles. The molecule has 0 bridgehead atoms. The van der Waals surface area contributed by atoms with Gasteiger partial charge in [-0.1, -0.05) is 158 Å². The fourth-order valence-corrected chi connectivity index (χ4v) is 8.20. The smallest absolute Gasteiger partial charge is 0.268 e. The third-order valence-electron chi connectivity index (χ3n) is 10.7. The monoisotopic (exact) mass is 720 g/mol. The first-order chi connectivity index (χ1) is 27.6. The summed E-state index contributed by atoms with van der Waals surface area (Å²) in [6.45, 7) is 0. The predicted molar refractivity (Wildman–Crippen MR) is 225 cm³/mol. The molecular formula is C51H32N2O3. The van der Waals surface area contributed by atoms with E-state index >= 15 is 4.79 Å². The molecule has 1 aliphatic heterocycles. The van der Waals surface area contributed by atoms with Crippen LogP contribution in [0, 0.1) is 0 Å². The first kappa shape index (κ1) is 33.0. The Morgan fingerprint density at radius 2 is 0.964 bits per heavy atom. The third-order valence-corrected chi connectivity index (χ3v) is 10.7. The van der Waals surface area contributed by atoms with Crippen LogP contribution in [0.25, 0.3) is 60.9 Å². The number of ketones is 1. The van der Waals surface area contributed by atoms with E-state index in [1.807, 2.05) is 168 Å². The highest BCUT2D eigenvalue weighted by molar-refractivity contribution is 6.37. The van der Waals surface area contributed by atoms with Gasteiger partial charge in [0.1, 0.15) is 0 Å².